The summed E-state index contributed by atoms with van der Waals surface area (Å²) < 4.78 is 13.2. The molecule has 0 aliphatic carbocycles. The third kappa shape index (κ3) is 4.36. The van der Waals surface area contributed by atoms with Gasteiger partial charge in [0.05, 0.1) is 0 Å². The lowest BCUT2D eigenvalue weighted by atomic mass is 10.1. The van der Waals surface area contributed by atoms with E-state index in [9.17, 15) is 0 Å². The molecule has 0 spiro atoms. The van der Waals surface area contributed by atoms with Gasteiger partial charge in [0.15, 0.2) is 11.5 Å². The summed E-state index contributed by atoms with van der Waals surface area (Å²) >= 11 is 0. The van der Waals surface area contributed by atoms with Gasteiger partial charge in [0, 0.05) is 0 Å². The SMILES string of the molecule is Cc1ccc(O[P+](Oc2ccc(C)c(C)c2)(C(C)C)C(C)C)cc1C. The van der Waals surface area contributed by atoms with Gasteiger partial charge in [-0.2, -0.15) is 0 Å². The Morgan fingerprint density at radius 2 is 0.960 bits per heavy atom. The zero-order chi connectivity index (χ0) is 18.8. The highest BCUT2D eigenvalue weighted by Crippen LogP contribution is 2.67. The summed E-state index contributed by atoms with van der Waals surface area (Å²) in [4.78, 5) is 0. The molecule has 0 aliphatic rings. The molecule has 136 valence electrons. The van der Waals surface area contributed by atoms with Crippen LogP contribution in [0.1, 0.15) is 49.9 Å². The van der Waals surface area contributed by atoms with Crippen LogP contribution in [0.15, 0.2) is 36.4 Å². The molecular weight excluding hydrogens is 327 g/mol. The van der Waals surface area contributed by atoms with Crippen molar-refractivity contribution in [2.75, 3.05) is 0 Å². The van der Waals surface area contributed by atoms with E-state index < -0.39 is 7.72 Å². The van der Waals surface area contributed by atoms with Crippen LogP contribution in [0.25, 0.3) is 0 Å². The van der Waals surface area contributed by atoms with Gasteiger partial charge in [-0.25, -0.2) is 0 Å². The van der Waals surface area contributed by atoms with Crippen molar-refractivity contribution < 1.29 is 9.05 Å². The van der Waals surface area contributed by atoms with Crippen LogP contribution in [-0.4, -0.2) is 11.3 Å². The highest BCUT2D eigenvalue weighted by atomic mass is 31.2. The summed E-state index contributed by atoms with van der Waals surface area (Å²) in [6.07, 6.45) is 0. The summed E-state index contributed by atoms with van der Waals surface area (Å²) in [6.45, 7) is 17.3. The van der Waals surface area contributed by atoms with E-state index in [2.05, 4.69) is 91.8 Å². The molecule has 3 heteroatoms. The van der Waals surface area contributed by atoms with Crippen LogP contribution in [0.5, 0.6) is 11.5 Å². The molecule has 0 heterocycles. The summed E-state index contributed by atoms with van der Waals surface area (Å²) in [5.41, 5.74) is 5.65. The van der Waals surface area contributed by atoms with Crippen molar-refractivity contribution in [2.45, 2.75) is 66.7 Å². The molecular formula is C22H32O2P+. The second-order valence-electron chi connectivity index (χ2n) is 7.51. The lowest BCUT2D eigenvalue weighted by Crippen LogP contribution is -2.25. The Hall–Kier alpha value is -1.53. The van der Waals surface area contributed by atoms with Gasteiger partial charge in [-0.05, 0) is 102 Å². The Morgan fingerprint density at radius 1 is 0.600 bits per heavy atom. The maximum absolute atomic E-state index is 6.62. The second-order valence-corrected chi connectivity index (χ2v) is 11.2. The predicted octanol–water partition coefficient (Wildman–Crippen LogP) is 7.04. The minimum absolute atomic E-state index is 0.302. The standard InChI is InChI=1S/C22H32O2P/c1-15(2)25(16(3)4,23-21-11-9-17(5)19(7)13-21)24-22-12-10-18(6)20(8)14-22/h9-16H,1-8H3/q+1. The van der Waals surface area contributed by atoms with Gasteiger partial charge in [-0.3, -0.25) is 0 Å². The molecule has 0 radical (unpaired) electrons. The lowest BCUT2D eigenvalue weighted by Gasteiger charge is -2.31. The maximum atomic E-state index is 6.62. The summed E-state index contributed by atoms with van der Waals surface area (Å²) in [7, 11) is -2.15. The molecule has 2 rings (SSSR count). The van der Waals surface area contributed by atoms with Crippen LogP contribution in [-0.2, 0) is 0 Å². The first-order valence-corrected chi connectivity index (χ1v) is 10.8. The van der Waals surface area contributed by atoms with Crippen molar-refractivity contribution in [1.29, 1.82) is 0 Å². The van der Waals surface area contributed by atoms with Crippen molar-refractivity contribution in [3.63, 3.8) is 0 Å². The van der Waals surface area contributed by atoms with Crippen molar-refractivity contribution in [1.82, 2.24) is 0 Å². The second kappa shape index (κ2) is 7.79. The van der Waals surface area contributed by atoms with Gasteiger partial charge < -0.3 is 9.05 Å². The summed E-state index contributed by atoms with van der Waals surface area (Å²) in [5, 5.41) is 0. The van der Waals surface area contributed by atoms with E-state index in [1.54, 1.807) is 0 Å². The number of benzene rings is 2. The van der Waals surface area contributed by atoms with Gasteiger partial charge >= 0.3 is 7.72 Å². The van der Waals surface area contributed by atoms with E-state index >= 15 is 0 Å². The highest BCUT2D eigenvalue weighted by molar-refractivity contribution is 7.68. The van der Waals surface area contributed by atoms with Crippen molar-refractivity contribution in [2.24, 2.45) is 0 Å². The Labute approximate surface area is 154 Å². The molecule has 0 aliphatic heterocycles. The molecule has 2 aromatic rings. The smallest absolute Gasteiger partial charge is 0.310 e. The van der Waals surface area contributed by atoms with E-state index in [1.807, 2.05) is 0 Å². The Kier molecular flexibility index (Phi) is 6.16. The molecule has 2 aromatic carbocycles. The quantitative estimate of drug-likeness (QED) is 0.515. The highest BCUT2D eigenvalue weighted by Gasteiger charge is 2.52. The van der Waals surface area contributed by atoms with E-state index in [4.69, 9.17) is 9.05 Å². The molecule has 0 saturated carbocycles. The van der Waals surface area contributed by atoms with E-state index in [0.717, 1.165) is 11.5 Å². The van der Waals surface area contributed by atoms with Crippen molar-refractivity contribution >= 4 is 7.72 Å². The third-order valence-corrected chi connectivity index (χ3v) is 8.76. The first-order valence-electron chi connectivity index (χ1n) is 9.08. The van der Waals surface area contributed by atoms with E-state index in [0.29, 0.717) is 11.3 Å². The fraction of sp³-hybridized carbons (Fsp3) is 0.455. The molecule has 2 nitrogen and oxygen atoms in total. The topological polar surface area (TPSA) is 18.5 Å². The Bertz CT molecular complexity index is 671. The van der Waals surface area contributed by atoms with Crippen LogP contribution in [0, 0.1) is 27.7 Å². The zero-order valence-corrected chi connectivity index (χ0v) is 17.8. The van der Waals surface area contributed by atoms with E-state index in [-0.39, 0.29) is 0 Å². The maximum Gasteiger partial charge on any atom is 0.368 e. The molecule has 25 heavy (non-hydrogen) atoms. The average molecular weight is 359 g/mol. The number of aryl methyl sites for hydroxylation is 4. The van der Waals surface area contributed by atoms with E-state index in [1.165, 1.54) is 22.3 Å². The normalized spacial score (nSPS) is 11.9. The average Bonchev–Trinajstić information content (AvgIpc) is 2.53. The molecule has 0 bridgehead atoms. The first-order chi connectivity index (χ1) is 11.7. The fourth-order valence-electron chi connectivity index (χ4n) is 2.91. The number of rotatable bonds is 6. The van der Waals surface area contributed by atoms with Gasteiger partial charge in [-0.15, -0.1) is 0 Å². The van der Waals surface area contributed by atoms with Crippen LogP contribution in [0.2, 0.25) is 0 Å². The van der Waals surface area contributed by atoms with Crippen LogP contribution < -0.4 is 9.05 Å². The minimum Gasteiger partial charge on any atom is -0.310 e. The first kappa shape index (κ1) is 19.8. The molecule has 0 amide bonds. The molecule has 0 unspecified atom stereocenters. The largest absolute Gasteiger partial charge is 0.368 e. The van der Waals surface area contributed by atoms with Gasteiger partial charge in [0.25, 0.3) is 0 Å². The zero-order valence-electron chi connectivity index (χ0n) is 16.9. The predicted molar refractivity (Wildman–Crippen MR) is 110 cm³/mol. The van der Waals surface area contributed by atoms with Gasteiger partial charge in [-0.1, -0.05) is 12.1 Å². The van der Waals surface area contributed by atoms with Crippen LogP contribution in [0.4, 0.5) is 0 Å². The molecule has 0 saturated heterocycles. The lowest BCUT2D eigenvalue weighted by molar-refractivity contribution is 0.437. The third-order valence-electron chi connectivity index (χ3n) is 4.89. The van der Waals surface area contributed by atoms with Crippen LogP contribution in [0.3, 0.4) is 0 Å². The van der Waals surface area contributed by atoms with Gasteiger partial charge in [0.2, 0.25) is 0 Å². The molecule has 0 fully saturated rings. The van der Waals surface area contributed by atoms with Crippen molar-refractivity contribution in [3.05, 3.63) is 58.7 Å². The summed E-state index contributed by atoms with van der Waals surface area (Å²) in [6, 6.07) is 12.6. The monoisotopic (exact) mass is 359 g/mol. The fourth-order valence-corrected chi connectivity index (χ4v) is 5.87. The molecule has 0 atom stereocenters. The molecule has 0 N–H and O–H groups in total. The Balaban J connectivity index is 2.42. The molecule has 0 aromatic heterocycles. The minimum atomic E-state index is -2.15. The van der Waals surface area contributed by atoms with Crippen molar-refractivity contribution in [3.8, 4) is 11.5 Å². The van der Waals surface area contributed by atoms with Crippen LogP contribution >= 0.6 is 7.72 Å². The number of hydrogen-bond donors (Lipinski definition) is 0. The number of hydrogen-bond acceptors (Lipinski definition) is 2. The van der Waals surface area contributed by atoms with Gasteiger partial charge in [0.1, 0.15) is 11.3 Å². The summed E-state index contributed by atoms with van der Waals surface area (Å²) in [5.74, 6) is 1.81. The Morgan fingerprint density at radius 3 is 1.24 bits per heavy atom.